The number of aromatic nitrogens is 2. The Bertz CT molecular complexity index is 726. The Labute approximate surface area is 118 Å². The standard InChI is InChI=1S/C11H13F3N4O2S/c12-11(13,14)4-7(15)5-18-21(19,20)9-6-17-10-8(9)2-1-3-16-10/h1-3,6-7,18H,4-5,15H2,(H,16,17). The van der Waals surface area contributed by atoms with Crippen molar-refractivity contribution in [3.63, 3.8) is 0 Å². The van der Waals surface area contributed by atoms with Crippen LogP contribution in [0.1, 0.15) is 6.42 Å². The van der Waals surface area contributed by atoms with Crippen molar-refractivity contribution in [1.29, 1.82) is 0 Å². The van der Waals surface area contributed by atoms with Gasteiger partial charge in [-0.1, -0.05) is 0 Å². The second-order valence-electron chi connectivity index (χ2n) is 4.48. The van der Waals surface area contributed by atoms with Crippen molar-refractivity contribution in [2.24, 2.45) is 5.73 Å². The largest absolute Gasteiger partial charge is 0.390 e. The van der Waals surface area contributed by atoms with Crippen LogP contribution in [0.4, 0.5) is 13.2 Å². The van der Waals surface area contributed by atoms with Gasteiger partial charge in [0.1, 0.15) is 10.5 Å². The molecular formula is C11H13F3N4O2S. The molecule has 6 nitrogen and oxygen atoms in total. The number of aromatic amines is 1. The van der Waals surface area contributed by atoms with Crippen molar-refractivity contribution in [2.45, 2.75) is 23.5 Å². The zero-order valence-corrected chi connectivity index (χ0v) is 11.5. The lowest BCUT2D eigenvalue weighted by atomic mass is 10.2. The van der Waals surface area contributed by atoms with Crippen LogP contribution < -0.4 is 10.5 Å². The summed E-state index contributed by atoms with van der Waals surface area (Å²) in [6.07, 6.45) is -2.97. The quantitative estimate of drug-likeness (QED) is 0.768. The summed E-state index contributed by atoms with van der Waals surface area (Å²) in [6.45, 7) is -0.505. The number of H-pyrrole nitrogens is 1. The Kier molecular flexibility index (Phi) is 4.21. The van der Waals surface area contributed by atoms with E-state index in [9.17, 15) is 21.6 Å². The number of fused-ring (bicyclic) bond motifs is 1. The maximum atomic E-state index is 12.1. The van der Waals surface area contributed by atoms with Gasteiger partial charge in [-0.2, -0.15) is 13.2 Å². The predicted octanol–water partition coefficient (Wildman–Crippen LogP) is 1.12. The third-order valence-corrected chi connectivity index (χ3v) is 4.20. The maximum absolute atomic E-state index is 12.1. The number of hydrogen-bond donors (Lipinski definition) is 3. The van der Waals surface area contributed by atoms with Crippen LogP contribution in [-0.4, -0.2) is 37.1 Å². The van der Waals surface area contributed by atoms with Crippen LogP contribution in [-0.2, 0) is 10.0 Å². The molecule has 2 heterocycles. The van der Waals surface area contributed by atoms with E-state index in [1.54, 1.807) is 12.1 Å². The summed E-state index contributed by atoms with van der Waals surface area (Å²) in [6, 6.07) is 1.76. The molecule has 1 atom stereocenters. The van der Waals surface area contributed by atoms with Crippen LogP contribution in [0.15, 0.2) is 29.4 Å². The summed E-state index contributed by atoms with van der Waals surface area (Å²) in [7, 11) is -3.96. The second kappa shape index (κ2) is 5.62. The number of sulfonamides is 1. The zero-order chi connectivity index (χ0) is 15.7. The van der Waals surface area contributed by atoms with E-state index in [1.165, 1.54) is 12.4 Å². The maximum Gasteiger partial charge on any atom is 0.390 e. The fraction of sp³-hybridized carbons (Fsp3) is 0.364. The smallest absolute Gasteiger partial charge is 0.345 e. The van der Waals surface area contributed by atoms with E-state index in [0.29, 0.717) is 11.0 Å². The number of nitrogens with one attached hydrogen (secondary N) is 2. The van der Waals surface area contributed by atoms with E-state index < -0.39 is 35.2 Å². The molecule has 4 N–H and O–H groups in total. The van der Waals surface area contributed by atoms with Crippen molar-refractivity contribution >= 4 is 21.1 Å². The molecule has 2 aromatic heterocycles. The van der Waals surface area contributed by atoms with Gasteiger partial charge in [-0.05, 0) is 12.1 Å². The van der Waals surface area contributed by atoms with E-state index in [4.69, 9.17) is 5.73 Å². The van der Waals surface area contributed by atoms with Crippen molar-refractivity contribution in [3.8, 4) is 0 Å². The number of pyridine rings is 1. The first-order valence-electron chi connectivity index (χ1n) is 5.93. The van der Waals surface area contributed by atoms with Gasteiger partial charge >= 0.3 is 6.18 Å². The second-order valence-corrected chi connectivity index (χ2v) is 6.22. The van der Waals surface area contributed by atoms with Crippen LogP contribution in [0.5, 0.6) is 0 Å². The van der Waals surface area contributed by atoms with Crippen LogP contribution >= 0.6 is 0 Å². The molecule has 2 aromatic rings. The highest BCUT2D eigenvalue weighted by atomic mass is 32.2. The van der Waals surface area contributed by atoms with Crippen molar-refractivity contribution in [3.05, 3.63) is 24.5 Å². The molecule has 21 heavy (non-hydrogen) atoms. The minimum atomic E-state index is -4.43. The Morgan fingerprint density at radius 2 is 2.14 bits per heavy atom. The van der Waals surface area contributed by atoms with Gasteiger partial charge in [-0.15, -0.1) is 0 Å². The van der Waals surface area contributed by atoms with E-state index >= 15 is 0 Å². The molecule has 0 aliphatic rings. The molecule has 2 rings (SSSR count). The SMILES string of the molecule is NC(CNS(=O)(=O)c1c[nH]c2ncccc12)CC(F)(F)F. The molecule has 0 saturated carbocycles. The monoisotopic (exact) mass is 322 g/mol. The van der Waals surface area contributed by atoms with Gasteiger partial charge in [0, 0.05) is 30.4 Å². The summed E-state index contributed by atoms with van der Waals surface area (Å²) in [5.74, 6) is 0. The Hall–Kier alpha value is -1.65. The summed E-state index contributed by atoms with van der Waals surface area (Å²) in [5, 5.41) is 0.356. The first-order chi connectivity index (χ1) is 9.69. The average Bonchev–Trinajstić information content (AvgIpc) is 2.79. The van der Waals surface area contributed by atoms with E-state index in [1.807, 2.05) is 0 Å². The lowest BCUT2D eigenvalue weighted by molar-refractivity contribution is -0.137. The van der Waals surface area contributed by atoms with Gasteiger partial charge in [-0.3, -0.25) is 0 Å². The number of nitrogens with zero attached hydrogens (tertiary/aromatic N) is 1. The molecule has 116 valence electrons. The summed E-state index contributed by atoms with van der Waals surface area (Å²) >= 11 is 0. The van der Waals surface area contributed by atoms with Crippen molar-refractivity contribution < 1.29 is 21.6 Å². The third kappa shape index (κ3) is 3.93. The minimum Gasteiger partial charge on any atom is -0.345 e. The average molecular weight is 322 g/mol. The highest BCUT2D eigenvalue weighted by Gasteiger charge is 2.31. The zero-order valence-electron chi connectivity index (χ0n) is 10.7. The summed E-state index contributed by atoms with van der Waals surface area (Å²) < 4.78 is 62.6. The van der Waals surface area contributed by atoms with Gasteiger partial charge in [0.2, 0.25) is 10.0 Å². The first-order valence-corrected chi connectivity index (χ1v) is 7.41. The molecule has 0 aliphatic carbocycles. The highest BCUT2D eigenvalue weighted by molar-refractivity contribution is 7.89. The Balaban J connectivity index is 2.12. The normalized spacial score (nSPS) is 14.5. The lowest BCUT2D eigenvalue weighted by Crippen LogP contribution is -2.39. The predicted molar refractivity (Wildman–Crippen MR) is 69.9 cm³/mol. The fourth-order valence-corrected chi connectivity index (χ4v) is 3.07. The molecule has 0 saturated heterocycles. The van der Waals surface area contributed by atoms with E-state index in [-0.39, 0.29) is 4.90 Å². The molecule has 0 fully saturated rings. The molecule has 0 aliphatic heterocycles. The molecular weight excluding hydrogens is 309 g/mol. The number of hydrogen-bond acceptors (Lipinski definition) is 4. The van der Waals surface area contributed by atoms with Gasteiger partial charge in [-0.25, -0.2) is 18.1 Å². The number of nitrogens with two attached hydrogens (primary N) is 1. The molecule has 0 amide bonds. The van der Waals surface area contributed by atoms with E-state index in [2.05, 4.69) is 14.7 Å². The first kappa shape index (κ1) is 15.7. The van der Waals surface area contributed by atoms with Gasteiger partial charge in [0.05, 0.1) is 6.42 Å². The van der Waals surface area contributed by atoms with Gasteiger partial charge < -0.3 is 10.7 Å². The number of halogens is 3. The van der Waals surface area contributed by atoms with Crippen LogP contribution in [0, 0.1) is 0 Å². The molecule has 0 aromatic carbocycles. The lowest BCUT2D eigenvalue weighted by Gasteiger charge is -2.14. The molecule has 0 radical (unpaired) electrons. The molecule has 0 spiro atoms. The Morgan fingerprint density at radius 3 is 2.81 bits per heavy atom. The van der Waals surface area contributed by atoms with Gasteiger partial charge in [0.25, 0.3) is 0 Å². The van der Waals surface area contributed by atoms with Crippen molar-refractivity contribution in [2.75, 3.05) is 6.54 Å². The molecule has 1 unspecified atom stereocenters. The summed E-state index contributed by atoms with van der Waals surface area (Å²) in [4.78, 5) is 6.54. The van der Waals surface area contributed by atoms with E-state index in [0.717, 1.165) is 0 Å². The van der Waals surface area contributed by atoms with Crippen LogP contribution in [0.25, 0.3) is 11.0 Å². The minimum absolute atomic E-state index is 0.0789. The fourth-order valence-electron chi connectivity index (χ4n) is 1.82. The van der Waals surface area contributed by atoms with Crippen molar-refractivity contribution in [1.82, 2.24) is 14.7 Å². The number of alkyl halides is 3. The number of rotatable bonds is 5. The van der Waals surface area contributed by atoms with Gasteiger partial charge in [0.15, 0.2) is 0 Å². The third-order valence-electron chi connectivity index (χ3n) is 2.73. The summed E-state index contributed by atoms with van der Waals surface area (Å²) in [5.41, 5.74) is 5.64. The molecule has 0 bridgehead atoms. The topological polar surface area (TPSA) is 101 Å². The van der Waals surface area contributed by atoms with Crippen LogP contribution in [0.3, 0.4) is 0 Å². The molecule has 10 heteroatoms. The highest BCUT2D eigenvalue weighted by Crippen LogP contribution is 2.22. The van der Waals surface area contributed by atoms with Crippen LogP contribution in [0.2, 0.25) is 0 Å². The Morgan fingerprint density at radius 1 is 1.43 bits per heavy atom.